The summed E-state index contributed by atoms with van der Waals surface area (Å²) in [5, 5.41) is 4.65. The minimum atomic E-state index is -0.407. The molecule has 0 saturated carbocycles. The van der Waals surface area contributed by atoms with Gasteiger partial charge >= 0.3 is 5.97 Å². The summed E-state index contributed by atoms with van der Waals surface area (Å²) in [7, 11) is 1.34. The number of halogens is 1. The SMILES string of the molecule is COC(=O)c1cnn2ccc(Cl)c(C)c12. The fraction of sp³-hybridized carbons (Fsp3) is 0.200. The highest BCUT2D eigenvalue weighted by molar-refractivity contribution is 6.32. The lowest BCUT2D eigenvalue weighted by Crippen LogP contribution is -2.01. The van der Waals surface area contributed by atoms with Crippen LogP contribution in [-0.4, -0.2) is 22.7 Å². The largest absolute Gasteiger partial charge is 0.465 e. The minimum Gasteiger partial charge on any atom is -0.465 e. The second-order valence-corrected chi connectivity index (χ2v) is 3.54. The molecule has 4 nitrogen and oxygen atoms in total. The van der Waals surface area contributed by atoms with E-state index in [0.29, 0.717) is 16.1 Å². The zero-order chi connectivity index (χ0) is 11.0. The molecule has 0 unspecified atom stereocenters. The van der Waals surface area contributed by atoms with Gasteiger partial charge in [-0.1, -0.05) is 11.6 Å². The fourth-order valence-corrected chi connectivity index (χ4v) is 1.63. The molecule has 5 heteroatoms. The van der Waals surface area contributed by atoms with E-state index < -0.39 is 5.97 Å². The van der Waals surface area contributed by atoms with Crippen LogP contribution in [0.3, 0.4) is 0 Å². The third kappa shape index (κ3) is 1.47. The minimum absolute atomic E-state index is 0.407. The molecule has 0 spiro atoms. The summed E-state index contributed by atoms with van der Waals surface area (Å²) in [6.45, 7) is 1.84. The van der Waals surface area contributed by atoms with Crippen molar-refractivity contribution >= 4 is 23.1 Å². The van der Waals surface area contributed by atoms with E-state index in [1.807, 2.05) is 6.92 Å². The Hall–Kier alpha value is -1.55. The number of aryl methyl sites for hydroxylation is 1. The van der Waals surface area contributed by atoms with E-state index in [-0.39, 0.29) is 0 Å². The van der Waals surface area contributed by atoms with Crippen LogP contribution in [0, 0.1) is 6.92 Å². The molecule has 2 aromatic rings. The van der Waals surface area contributed by atoms with E-state index in [0.717, 1.165) is 5.56 Å². The van der Waals surface area contributed by atoms with Gasteiger partial charge in [0.2, 0.25) is 0 Å². The lowest BCUT2D eigenvalue weighted by Gasteiger charge is -2.02. The van der Waals surface area contributed by atoms with Gasteiger partial charge in [-0.05, 0) is 18.6 Å². The van der Waals surface area contributed by atoms with Crippen molar-refractivity contribution in [1.29, 1.82) is 0 Å². The number of rotatable bonds is 1. The maximum Gasteiger partial charge on any atom is 0.341 e. The van der Waals surface area contributed by atoms with Crippen molar-refractivity contribution in [1.82, 2.24) is 9.61 Å². The Labute approximate surface area is 91.4 Å². The van der Waals surface area contributed by atoms with Gasteiger partial charge < -0.3 is 4.74 Å². The first-order valence-electron chi connectivity index (χ1n) is 4.36. The van der Waals surface area contributed by atoms with Gasteiger partial charge in [0.25, 0.3) is 0 Å². The summed E-state index contributed by atoms with van der Waals surface area (Å²) >= 11 is 5.97. The molecule has 0 radical (unpaired) electrons. The van der Waals surface area contributed by atoms with Gasteiger partial charge in [-0.3, -0.25) is 0 Å². The molecular formula is C10H9ClN2O2. The van der Waals surface area contributed by atoms with Gasteiger partial charge in [0.1, 0.15) is 5.56 Å². The zero-order valence-electron chi connectivity index (χ0n) is 8.32. The average Bonchev–Trinajstić information content (AvgIpc) is 2.67. The number of methoxy groups -OCH3 is 1. The number of esters is 1. The van der Waals surface area contributed by atoms with Crippen LogP contribution in [0.4, 0.5) is 0 Å². The molecule has 2 heterocycles. The highest BCUT2D eigenvalue weighted by atomic mass is 35.5. The van der Waals surface area contributed by atoms with Crippen LogP contribution in [0.2, 0.25) is 5.02 Å². The first-order chi connectivity index (χ1) is 7.15. The maximum atomic E-state index is 11.4. The van der Waals surface area contributed by atoms with Crippen molar-refractivity contribution < 1.29 is 9.53 Å². The first-order valence-corrected chi connectivity index (χ1v) is 4.73. The van der Waals surface area contributed by atoms with E-state index in [2.05, 4.69) is 9.84 Å². The van der Waals surface area contributed by atoms with Gasteiger partial charge in [-0.25, -0.2) is 9.31 Å². The topological polar surface area (TPSA) is 43.6 Å². The quantitative estimate of drug-likeness (QED) is 0.697. The summed E-state index contributed by atoms with van der Waals surface area (Å²) in [4.78, 5) is 11.4. The molecule has 0 N–H and O–H groups in total. The molecule has 0 aliphatic rings. The lowest BCUT2D eigenvalue weighted by atomic mass is 10.2. The summed E-state index contributed by atoms with van der Waals surface area (Å²) in [5.74, 6) is -0.407. The molecule has 2 aromatic heterocycles. The van der Waals surface area contributed by atoms with Crippen LogP contribution in [0.5, 0.6) is 0 Å². The molecule has 15 heavy (non-hydrogen) atoms. The van der Waals surface area contributed by atoms with Crippen LogP contribution in [0.15, 0.2) is 18.5 Å². The number of carbonyl (C=O) groups excluding carboxylic acids is 1. The zero-order valence-corrected chi connectivity index (χ0v) is 9.08. The van der Waals surface area contributed by atoms with E-state index >= 15 is 0 Å². The Balaban J connectivity index is 2.77. The summed E-state index contributed by atoms with van der Waals surface area (Å²) in [6, 6.07) is 1.73. The van der Waals surface area contributed by atoms with Crippen LogP contribution in [0.25, 0.3) is 5.52 Å². The van der Waals surface area contributed by atoms with Crippen LogP contribution in [-0.2, 0) is 4.74 Å². The number of carbonyl (C=O) groups is 1. The third-order valence-electron chi connectivity index (χ3n) is 2.28. The molecule has 0 fully saturated rings. The summed E-state index contributed by atoms with van der Waals surface area (Å²) in [6.07, 6.45) is 3.18. The number of pyridine rings is 1. The van der Waals surface area contributed by atoms with E-state index in [1.54, 1.807) is 16.8 Å². The Bertz CT molecular complexity index is 533. The van der Waals surface area contributed by atoms with Crippen molar-refractivity contribution in [2.75, 3.05) is 7.11 Å². The van der Waals surface area contributed by atoms with Crippen molar-refractivity contribution in [2.45, 2.75) is 6.92 Å². The average molecular weight is 225 g/mol. The number of fused-ring (bicyclic) bond motifs is 1. The predicted octanol–water partition coefficient (Wildman–Crippen LogP) is 2.08. The van der Waals surface area contributed by atoms with Gasteiger partial charge in [0, 0.05) is 11.2 Å². The van der Waals surface area contributed by atoms with E-state index in [4.69, 9.17) is 11.6 Å². The highest BCUT2D eigenvalue weighted by Gasteiger charge is 2.15. The number of ether oxygens (including phenoxy) is 1. The second kappa shape index (κ2) is 3.55. The summed E-state index contributed by atoms with van der Waals surface area (Å²) < 4.78 is 6.27. The Morgan fingerprint density at radius 2 is 2.33 bits per heavy atom. The fourth-order valence-electron chi connectivity index (χ4n) is 1.48. The van der Waals surface area contributed by atoms with Crippen molar-refractivity contribution in [3.8, 4) is 0 Å². The van der Waals surface area contributed by atoms with E-state index in [9.17, 15) is 4.79 Å². The lowest BCUT2D eigenvalue weighted by molar-refractivity contribution is 0.0603. The van der Waals surface area contributed by atoms with Gasteiger partial charge in [0.05, 0.1) is 18.8 Å². The molecule has 0 amide bonds. The van der Waals surface area contributed by atoms with Gasteiger partial charge in [-0.15, -0.1) is 0 Å². The third-order valence-corrected chi connectivity index (χ3v) is 2.69. The summed E-state index contributed by atoms with van der Waals surface area (Å²) in [5.41, 5.74) is 1.93. The monoisotopic (exact) mass is 224 g/mol. The molecular weight excluding hydrogens is 216 g/mol. The van der Waals surface area contributed by atoms with Crippen LogP contribution < -0.4 is 0 Å². The normalized spacial score (nSPS) is 10.6. The Kier molecular flexibility index (Phi) is 2.36. The molecule has 0 bridgehead atoms. The van der Waals surface area contributed by atoms with Gasteiger partial charge in [-0.2, -0.15) is 5.10 Å². The Morgan fingerprint density at radius 3 is 3.00 bits per heavy atom. The smallest absolute Gasteiger partial charge is 0.341 e. The number of hydrogen-bond donors (Lipinski definition) is 0. The highest BCUT2D eigenvalue weighted by Crippen LogP contribution is 2.22. The molecule has 0 aliphatic heterocycles. The molecule has 0 atom stereocenters. The predicted molar refractivity (Wildman–Crippen MR) is 56.3 cm³/mol. The second-order valence-electron chi connectivity index (χ2n) is 3.13. The van der Waals surface area contributed by atoms with Crippen LogP contribution >= 0.6 is 11.6 Å². The van der Waals surface area contributed by atoms with E-state index in [1.165, 1.54) is 13.3 Å². The van der Waals surface area contributed by atoms with Crippen LogP contribution in [0.1, 0.15) is 15.9 Å². The molecule has 0 aromatic carbocycles. The number of aromatic nitrogens is 2. The molecule has 2 rings (SSSR count). The molecule has 78 valence electrons. The van der Waals surface area contributed by atoms with Crippen molar-refractivity contribution in [2.24, 2.45) is 0 Å². The van der Waals surface area contributed by atoms with Crippen molar-refractivity contribution in [3.63, 3.8) is 0 Å². The van der Waals surface area contributed by atoms with Crippen molar-refractivity contribution in [3.05, 3.63) is 34.6 Å². The maximum absolute atomic E-state index is 11.4. The Morgan fingerprint density at radius 1 is 1.60 bits per heavy atom. The standard InChI is InChI=1S/C10H9ClN2O2/c1-6-8(11)3-4-13-9(6)7(5-12-13)10(14)15-2/h3-5H,1-2H3. The van der Waals surface area contributed by atoms with Gasteiger partial charge in [0.15, 0.2) is 0 Å². The number of hydrogen-bond acceptors (Lipinski definition) is 3. The molecule has 0 aliphatic carbocycles. The molecule has 0 saturated heterocycles. The number of nitrogens with zero attached hydrogens (tertiary/aromatic N) is 2. The first kappa shape index (κ1) is 9.98.